The second-order valence-electron chi connectivity index (χ2n) is 6.26. The van der Waals surface area contributed by atoms with Crippen LogP contribution in [0.4, 0.5) is 0 Å². The molecule has 0 heterocycles. The van der Waals surface area contributed by atoms with Crippen molar-refractivity contribution >= 4 is 0 Å². The summed E-state index contributed by atoms with van der Waals surface area (Å²) in [5, 5.41) is 3.79. The largest absolute Gasteiger partial charge is 0.307 e. The molecule has 17 heavy (non-hydrogen) atoms. The highest BCUT2D eigenvalue weighted by Crippen LogP contribution is 2.35. The number of hydrogen-bond donors (Lipinski definition) is 1. The first-order valence-electron chi connectivity index (χ1n) is 6.88. The van der Waals surface area contributed by atoms with Gasteiger partial charge >= 0.3 is 0 Å². The number of nitrogens with one attached hydrogen (secondary N) is 1. The highest BCUT2D eigenvalue weighted by molar-refractivity contribution is 5.18. The maximum absolute atomic E-state index is 3.79. The van der Waals surface area contributed by atoms with Crippen LogP contribution in [0.1, 0.15) is 58.1 Å². The van der Waals surface area contributed by atoms with E-state index in [0.29, 0.717) is 17.5 Å². The molecule has 0 amide bonds. The van der Waals surface area contributed by atoms with Crippen LogP contribution in [0.15, 0.2) is 30.3 Å². The van der Waals surface area contributed by atoms with Crippen LogP contribution in [0.5, 0.6) is 0 Å². The first kappa shape index (κ1) is 12.6. The van der Waals surface area contributed by atoms with Crippen molar-refractivity contribution in [1.82, 2.24) is 5.32 Å². The topological polar surface area (TPSA) is 12.0 Å². The lowest BCUT2D eigenvalue weighted by molar-refractivity contribution is 0.191. The first-order valence-corrected chi connectivity index (χ1v) is 6.88. The molecule has 1 saturated carbocycles. The van der Waals surface area contributed by atoms with Gasteiger partial charge in [0.05, 0.1) is 0 Å². The number of hydrogen-bond acceptors (Lipinski definition) is 1. The first-order chi connectivity index (χ1) is 8.07. The normalized spacial score (nSPS) is 25.5. The molecule has 2 atom stereocenters. The van der Waals surface area contributed by atoms with Crippen LogP contribution < -0.4 is 5.32 Å². The molecule has 1 nitrogen and oxygen atoms in total. The average Bonchev–Trinajstić information content (AvgIpc) is 2.29. The van der Waals surface area contributed by atoms with Gasteiger partial charge in [-0.1, -0.05) is 50.6 Å². The second kappa shape index (κ2) is 5.22. The summed E-state index contributed by atoms with van der Waals surface area (Å²) in [6, 6.07) is 11.9. The van der Waals surface area contributed by atoms with E-state index in [2.05, 4.69) is 56.4 Å². The fourth-order valence-corrected chi connectivity index (χ4v) is 3.03. The lowest BCUT2D eigenvalue weighted by Crippen LogP contribution is -2.38. The molecular weight excluding hydrogens is 206 g/mol. The van der Waals surface area contributed by atoms with Gasteiger partial charge in [-0.25, -0.2) is 0 Å². The Labute approximate surface area is 106 Å². The molecule has 1 fully saturated rings. The Morgan fingerprint density at radius 2 is 1.94 bits per heavy atom. The molecule has 1 heteroatoms. The van der Waals surface area contributed by atoms with E-state index in [1.54, 1.807) is 0 Å². The monoisotopic (exact) mass is 231 g/mol. The zero-order chi connectivity index (χ0) is 12.3. The van der Waals surface area contributed by atoms with Gasteiger partial charge in [-0.15, -0.1) is 0 Å². The van der Waals surface area contributed by atoms with Gasteiger partial charge in [0.2, 0.25) is 0 Å². The van der Waals surface area contributed by atoms with E-state index in [9.17, 15) is 0 Å². The molecule has 1 aliphatic carbocycles. The van der Waals surface area contributed by atoms with Crippen LogP contribution in [0.2, 0.25) is 0 Å². The molecule has 2 rings (SSSR count). The molecule has 0 bridgehead atoms. The molecule has 0 aromatic heterocycles. The van der Waals surface area contributed by atoms with E-state index in [0.717, 1.165) is 0 Å². The molecule has 0 radical (unpaired) electrons. The average molecular weight is 231 g/mol. The Morgan fingerprint density at radius 1 is 1.24 bits per heavy atom. The minimum atomic E-state index is 0.468. The van der Waals surface area contributed by atoms with Crippen molar-refractivity contribution in [2.45, 2.75) is 58.5 Å². The molecule has 0 aliphatic heterocycles. The van der Waals surface area contributed by atoms with Gasteiger partial charge in [-0.3, -0.25) is 0 Å². The van der Waals surface area contributed by atoms with Gasteiger partial charge in [0.25, 0.3) is 0 Å². The van der Waals surface area contributed by atoms with E-state index in [1.165, 1.54) is 31.2 Å². The SMILES string of the molecule is C[C@@H](NC1CCCC(C)(C)C1)c1ccccc1. The van der Waals surface area contributed by atoms with Crippen molar-refractivity contribution in [3.05, 3.63) is 35.9 Å². The van der Waals surface area contributed by atoms with Gasteiger partial charge in [0.15, 0.2) is 0 Å². The zero-order valence-corrected chi connectivity index (χ0v) is 11.4. The van der Waals surface area contributed by atoms with Crippen LogP contribution in [-0.4, -0.2) is 6.04 Å². The fraction of sp³-hybridized carbons (Fsp3) is 0.625. The summed E-state index contributed by atoms with van der Waals surface area (Å²) < 4.78 is 0. The van der Waals surface area contributed by atoms with E-state index in [4.69, 9.17) is 0 Å². The number of benzene rings is 1. The number of rotatable bonds is 3. The van der Waals surface area contributed by atoms with Crippen LogP contribution in [0.25, 0.3) is 0 Å². The molecule has 1 aromatic rings. The molecular formula is C16H25N. The van der Waals surface area contributed by atoms with Crippen molar-refractivity contribution in [3.8, 4) is 0 Å². The molecule has 1 unspecified atom stereocenters. The summed E-state index contributed by atoms with van der Waals surface area (Å²) in [6.07, 6.45) is 5.39. The standard InChI is InChI=1S/C16H25N/c1-13(14-8-5-4-6-9-14)17-15-10-7-11-16(2,3)12-15/h4-6,8-9,13,15,17H,7,10-12H2,1-3H3/t13-,15?/m1/s1. The lowest BCUT2D eigenvalue weighted by Gasteiger charge is -2.37. The highest BCUT2D eigenvalue weighted by Gasteiger charge is 2.28. The Morgan fingerprint density at radius 3 is 2.59 bits per heavy atom. The van der Waals surface area contributed by atoms with E-state index in [1.807, 2.05) is 0 Å². The maximum Gasteiger partial charge on any atom is 0.0294 e. The third kappa shape index (κ3) is 3.57. The van der Waals surface area contributed by atoms with E-state index in [-0.39, 0.29) is 0 Å². The minimum Gasteiger partial charge on any atom is -0.307 e. The summed E-state index contributed by atoms with van der Waals surface area (Å²) in [5.41, 5.74) is 1.92. The van der Waals surface area contributed by atoms with Crippen molar-refractivity contribution in [2.24, 2.45) is 5.41 Å². The van der Waals surface area contributed by atoms with Crippen molar-refractivity contribution < 1.29 is 0 Å². The van der Waals surface area contributed by atoms with Crippen LogP contribution in [-0.2, 0) is 0 Å². The second-order valence-corrected chi connectivity index (χ2v) is 6.26. The third-order valence-electron chi connectivity index (χ3n) is 3.99. The van der Waals surface area contributed by atoms with Crippen LogP contribution in [0, 0.1) is 5.41 Å². The van der Waals surface area contributed by atoms with Crippen molar-refractivity contribution in [3.63, 3.8) is 0 Å². The van der Waals surface area contributed by atoms with Gasteiger partial charge in [-0.05, 0) is 37.2 Å². The molecule has 0 saturated heterocycles. The molecule has 1 N–H and O–H groups in total. The lowest BCUT2D eigenvalue weighted by atomic mass is 9.75. The smallest absolute Gasteiger partial charge is 0.0294 e. The summed E-state index contributed by atoms with van der Waals surface area (Å²) in [7, 11) is 0. The van der Waals surface area contributed by atoms with Gasteiger partial charge in [0.1, 0.15) is 0 Å². The molecule has 0 spiro atoms. The summed E-state index contributed by atoms with van der Waals surface area (Å²) in [6.45, 7) is 7.07. The summed E-state index contributed by atoms with van der Waals surface area (Å²) in [5.74, 6) is 0. The molecule has 94 valence electrons. The van der Waals surface area contributed by atoms with Crippen LogP contribution in [0.3, 0.4) is 0 Å². The predicted octanol–water partition coefficient (Wildman–Crippen LogP) is 4.31. The Balaban J connectivity index is 1.93. The fourth-order valence-electron chi connectivity index (χ4n) is 3.03. The van der Waals surface area contributed by atoms with Gasteiger partial charge in [-0.2, -0.15) is 0 Å². The minimum absolute atomic E-state index is 0.468. The highest BCUT2D eigenvalue weighted by atomic mass is 14.9. The maximum atomic E-state index is 3.79. The zero-order valence-electron chi connectivity index (χ0n) is 11.4. The predicted molar refractivity (Wildman–Crippen MR) is 74.0 cm³/mol. The third-order valence-corrected chi connectivity index (χ3v) is 3.99. The van der Waals surface area contributed by atoms with Gasteiger partial charge in [0, 0.05) is 12.1 Å². The van der Waals surface area contributed by atoms with Crippen LogP contribution >= 0.6 is 0 Å². The van der Waals surface area contributed by atoms with Crippen molar-refractivity contribution in [1.29, 1.82) is 0 Å². The summed E-state index contributed by atoms with van der Waals surface area (Å²) >= 11 is 0. The van der Waals surface area contributed by atoms with Crippen molar-refractivity contribution in [2.75, 3.05) is 0 Å². The quantitative estimate of drug-likeness (QED) is 0.817. The van der Waals surface area contributed by atoms with Gasteiger partial charge < -0.3 is 5.32 Å². The summed E-state index contributed by atoms with van der Waals surface area (Å²) in [4.78, 5) is 0. The Kier molecular flexibility index (Phi) is 3.88. The van der Waals surface area contributed by atoms with E-state index < -0.39 is 0 Å². The Hall–Kier alpha value is -0.820. The molecule has 1 aliphatic rings. The van der Waals surface area contributed by atoms with E-state index >= 15 is 0 Å². The molecule has 1 aromatic carbocycles. The Bertz CT molecular complexity index is 342.